The lowest BCUT2D eigenvalue weighted by Crippen LogP contribution is -2.48. The number of benzene rings is 1. The molecule has 2 aromatic heterocycles. The molecule has 7 nitrogen and oxygen atoms in total. The Kier molecular flexibility index (Phi) is 5.40. The van der Waals surface area contributed by atoms with Gasteiger partial charge in [-0.3, -0.25) is 14.6 Å². The zero-order valence-electron chi connectivity index (χ0n) is 17.5. The summed E-state index contributed by atoms with van der Waals surface area (Å²) in [7, 11) is 0. The lowest BCUT2D eigenvalue weighted by molar-refractivity contribution is -0.138. The molecule has 0 saturated carbocycles. The maximum Gasteiger partial charge on any atom is 0.253 e. The van der Waals surface area contributed by atoms with Crippen LogP contribution >= 0.6 is 0 Å². The molecule has 0 radical (unpaired) electrons. The average Bonchev–Trinajstić information content (AvgIpc) is 3.28. The zero-order valence-corrected chi connectivity index (χ0v) is 17.5. The van der Waals surface area contributed by atoms with Crippen LogP contribution in [0.5, 0.6) is 0 Å². The Labute approximate surface area is 181 Å². The molecular formula is C24H27N5O2. The summed E-state index contributed by atoms with van der Waals surface area (Å²) in [4.78, 5) is 42.1. The van der Waals surface area contributed by atoms with E-state index in [1.165, 1.54) is 0 Å². The number of hydrogen-bond acceptors (Lipinski definition) is 4. The van der Waals surface area contributed by atoms with Gasteiger partial charge >= 0.3 is 0 Å². The van der Waals surface area contributed by atoms with Crippen molar-refractivity contribution in [1.82, 2.24) is 24.8 Å². The van der Waals surface area contributed by atoms with Crippen molar-refractivity contribution in [2.45, 2.75) is 31.6 Å². The first kappa shape index (κ1) is 19.7. The number of rotatable bonds is 3. The summed E-state index contributed by atoms with van der Waals surface area (Å²) in [6.45, 7) is 2.72. The van der Waals surface area contributed by atoms with Gasteiger partial charge in [-0.05, 0) is 43.9 Å². The van der Waals surface area contributed by atoms with Crippen LogP contribution in [-0.2, 0) is 4.79 Å². The number of carbonyl (C=O) groups is 2. The smallest absolute Gasteiger partial charge is 0.253 e. The number of imidazole rings is 1. The van der Waals surface area contributed by atoms with E-state index in [1.54, 1.807) is 12.4 Å². The largest absolute Gasteiger partial charge is 0.342 e. The number of H-pyrrole nitrogens is 1. The van der Waals surface area contributed by atoms with Crippen LogP contribution < -0.4 is 0 Å². The van der Waals surface area contributed by atoms with Gasteiger partial charge in [0.25, 0.3) is 5.91 Å². The fourth-order valence-electron chi connectivity index (χ4n) is 4.83. The highest BCUT2D eigenvalue weighted by Gasteiger charge is 2.33. The SMILES string of the molecule is O=C(c1ccccc1)N1CCCC(C(=O)N2CCC(c3nc4ccncc4[nH]3)CC2)C1. The molecule has 4 heterocycles. The molecule has 2 aliphatic heterocycles. The molecule has 0 aliphatic carbocycles. The zero-order chi connectivity index (χ0) is 21.2. The number of nitrogens with one attached hydrogen (secondary N) is 1. The molecule has 5 rings (SSSR count). The van der Waals surface area contributed by atoms with E-state index in [0.29, 0.717) is 18.0 Å². The summed E-state index contributed by atoms with van der Waals surface area (Å²) >= 11 is 0. The van der Waals surface area contributed by atoms with Crippen LogP contribution in [0.1, 0.15) is 47.8 Å². The van der Waals surface area contributed by atoms with Crippen molar-refractivity contribution in [2.75, 3.05) is 26.2 Å². The first-order valence-electron chi connectivity index (χ1n) is 11.1. The maximum atomic E-state index is 13.2. The minimum absolute atomic E-state index is 0.0242. The lowest BCUT2D eigenvalue weighted by Gasteiger charge is -2.37. The third-order valence-corrected chi connectivity index (χ3v) is 6.57. The average molecular weight is 418 g/mol. The van der Waals surface area contributed by atoms with E-state index >= 15 is 0 Å². The fourth-order valence-corrected chi connectivity index (χ4v) is 4.83. The van der Waals surface area contributed by atoms with E-state index < -0.39 is 0 Å². The van der Waals surface area contributed by atoms with Crippen molar-refractivity contribution >= 4 is 22.8 Å². The number of pyridine rings is 1. The molecule has 7 heteroatoms. The third-order valence-electron chi connectivity index (χ3n) is 6.57. The Morgan fingerprint density at radius 3 is 2.55 bits per heavy atom. The van der Waals surface area contributed by atoms with E-state index in [9.17, 15) is 9.59 Å². The Bertz CT molecular complexity index is 1040. The van der Waals surface area contributed by atoms with Gasteiger partial charge < -0.3 is 14.8 Å². The number of likely N-dealkylation sites (tertiary alicyclic amines) is 2. The highest BCUT2D eigenvalue weighted by atomic mass is 16.2. The van der Waals surface area contributed by atoms with Gasteiger partial charge in [-0.2, -0.15) is 0 Å². The molecule has 1 atom stereocenters. The molecule has 2 saturated heterocycles. The van der Waals surface area contributed by atoms with E-state index in [2.05, 4.69) is 9.97 Å². The number of piperidine rings is 2. The monoisotopic (exact) mass is 417 g/mol. The molecule has 2 amide bonds. The number of amides is 2. The summed E-state index contributed by atoms with van der Waals surface area (Å²) in [5, 5.41) is 0. The number of aromatic amines is 1. The molecule has 0 spiro atoms. The quantitative estimate of drug-likeness (QED) is 0.709. The molecule has 2 fully saturated rings. The molecule has 0 bridgehead atoms. The minimum Gasteiger partial charge on any atom is -0.342 e. The maximum absolute atomic E-state index is 13.2. The predicted molar refractivity (Wildman–Crippen MR) is 118 cm³/mol. The Hall–Kier alpha value is -3.22. The third kappa shape index (κ3) is 4.04. The second-order valence-electron chi connectivity index (χ2n) is 8.57. The fraction of sp³-hybridized carbons (Fsp3) is 0.417. The minimum atomic E-state index is -0.102. The molecule has 31 heavy (non-hydrogen) atoms. The second kappa shape index (κ2) is 8.49. The first-order valence-corrected chi connectivity index (χ1v) is 11.1. The standard InChI is InChI=1S/C24H27N5O2/c30-23(18-5-2-1-3-6-18)29-12-4-7-19(16-29)24(31)28-13-9-17(10-14-28)22-26-20-8-11-25-15-21(20)27-22/h1-3,5-6,8,11,15,17,19H,4,7,9-10,12-14,16H2,(H,26,27). The topological polar surface area (TPSA) is 82.2 Å². The van der Waals surface area contributed by atoms with E-state index in [4.69, 9.17) is 4.98 Å². The van der Waals surface area contributed by atoms with Crippen molar-refractivity contribution in [1.29, 1.82) is 0 Å². The number of aromatic nitrogens is 3. The van der Waals surface area contributed by atoms with E-state index in [0.717, 1.165) is 62.2 Å². The van der Waals surface area contributed by atoms with Crippen LogP contribution in [0.15, 0.2) is 48.8 Å². The van der Waals surface area contributed by atoms with Crippen LogP contribution in [0, 0.1) is 5.92 Å². The van der Waals surface area contributed by atoms with Crippen LogP contribution in [-0.4, -0.2) is 62.7 Å². The van der Waals surface area contributed by atoms with Crippen molar-refractivity contribution in [3.8, 4) is 0 Å². The summed E-state index contributed by atoms with van der Waals surface area (Å²) in [5.41, 5.74) is 2.59. The highest BCUT2D eigenvalue weighted by Crippen LogP contribution is 2.29. The summed E-state index contributed by atoms with van der Waals surface area (Å²) in [6, 6.07) is 11.3. The van der Waals surface area contributed by atoms with Gasteiger partial charge in [-0.1, -0.05) is 18.2 Å². The Morgan fingerprint density at radius 2 is 1.77 bits per heavy atom. The molecular weight excluding hydrogens is 390 g/mol. The summed E-state index contributed by atoms with van der Waals surface area (Å²) < 4.78 is 0. The summed E-state index contributed by atoms with van der Waals surface area (Å²) in [5.74, 6) is 1.44. The molecule has 160 valence electrons. The van der Waals surface area contributed by atoms with Gasteiger partial charge in [0.1, 0.15) is 5.82 Å². The van der Waals surface area contributed by atoms with Gasteiger partial charge in [0.05, 0.1) is 23.1 Å². The normalized spacial score (nSPS) is 20.2. The van der Waals surface area contributed by atoms with Gasteiger partial charge in [0.2, 0.25) is 5.91 Å². The highest BCUT2D eigenvalue weighted by molar-refractivity contribution is 5.94. The Balaban J connectivity index is 1.19. The van der Waals surface area contributed by atoms with Crippen LogP contribution in [0.3, 0.4) is 0 Å². The van der Waals surface area contributed by atoms with Crippen LogP contribution in [0.4, 0.5) is 0 Å². The number of carbonyl (C=O) groups excluding carboxylic acids is 2. The van der Waals surface area contributed by atoms with Crippen LogP contribution in [0.25, 0.3) is 11.0 Å². The number of hydrogen-bond donors (Lipinski definition) is 1. The van der Waals surface area contributed by atoms with Gasteiger partial charge in [0.15, 0.2) is 0 Å². The van der Waals surface area contributed by atoms with Gasteiger partial charge in [-0.25, -0.2) is 4.98 Å². The molecule has 1 unspecified atom stereocenters. The van der Waals surface area contributed by atoms with E-state index in [1.807, 2.05) is 46.2 Å². The summed E-state index contributed by atoms with van der Waals surface area (Å²) in [6.07, 6.45) is 7.09. The van der Waals surface area contributed by atoms with E-state index in [-0.39, 0.29) is 17.7 Å². The van der Waals surface area contributed by atoms with Crippen molar-refractivity contribution in [3.63, 3.8) is 0 Å². The Morgan fingerprint density at radius 1 is 0.968 bits per heavy atom. The van der Waals surface area contributed by atoms with Crippen molar-refractivity contribution in [2.24, 2.45) is 5.92 Å². The van der Waals surface area contributed by atoms with Crippen molar-refractivity contribution in [3.05, 3.63) is 60.2 Å². The van der Waals surface area contributed by atoms with Crippen molar-refractivity contribution < 1.29 is 9.59 Å². The van der Waals surface area contributed by atoms with Gasteiger partial charge in [0, 0.05) is 43.9 Å². The molecule has 1 aromatic carbocycles. The molecule has 3 aromatic rings. The predicted octanol–water partition coefficient (Wildman–Crippen LogP) is 3.22. The molecule has 1 N–H and O–H groups in total. The van der Waals surface area contributed by atoms with Crippen LogP contribution in [0.2, 0.25) is 0 Å². The lowest BCUT2D eigenvalue weighted by atomic mass is 9.92. The van der Waals surface area contributed by atoms with Gasteiger partial charge in [-0.15, -0.1) is 0 Å². The number of fused-ring (bicyclic) bond motifs is 1. The molecule has 2 aliphatic rings. The first-order chi connectivity index (χ1) is 15.2. The number of nitrogens with zero attached hydrogens (tertiary/aromatic N) is 4. The second-order valence-corrected chi connectivity index (χ2v) is 8.57.